The number of nitrogens with one attached hydrogen (secondary N) is 1. The van der Waals surface area contributed by atoms with Gasteiger partial charge >= 0.3 is 0 Å². The summed E-state index contributed by atoms with van der Waals surface area (Å²) in [7, 11) is 1.65. The topological polar surface area (TPSA) is 63.6 Å². The third-order valence-electron chi connectivity index (χ3n) is 3.96. The summed E-state index contributed by atoms with van der Waals surface area (Å²) in [5.41, 5.74) is 3.75. The van der Waals surface area contributed by atoms with Crippen LogP contribution in [0.5, 0.6) is 5.75 Å². The van der Waals surface area contributed by atoms with Crippen LogP contribution < -0.4 is 10.1 Å². The van der Waals surface area contributed by atoms with Crippen LogP contribution >= 0.6 is 11.6 Å². The highest BCUT2D eigenvalue weighted by Gasteiger charge is 2.16. The van der Waals surface area contributed by atoms with Crippen LogP contribution in [0, 0.1) is 0 Å². The zero-order valence-corrected chi connectivity index (χ0v) is 14.1. The van der Waals surface area contributed by atoms with E-state index in [0.717, 1.165) is 30.0 Å². The molecule has 1 amide bonds. The first-order valence-electron chi connectivity index (χ1n) is 7.78. The molecule has 1 aliphatic heterocycles. The molecule has 0 radical (unpaired) electrons. The number of pyridine rings is 1. The summed E-state index contributed by atoms with van der Waals surface area (Å²) in [4.78, 5) is 20.7. The van der Waals surface area contributed by atoms with Gasteiger partial charge in [0.05, 0.1) is 12.7 Å². The highest BCUT2D eigenvalue weighted by molar-refractivity contribution is 6.32. The fourth-order valence-corrected chi connectivity index (χ4v) is 2.93. The summed E-state index contributed by atoms with van der Waals surface area (Å²) >= 11 is 5.94. The van der Waals surface area contributed by atoms with E-state index in [-0.39, 0.29) is 11.1 Å². The molecule has 0 atom stereocenters. The Kier molecular flexibility index (Phi) is 5.11. The van der Waals surface area contributed by atoms with Gasteiger partial charge in [-0.05, 0) is 36.2 Å². The predicted molar refractivity (Wildman–Crippen MR) is 94.3 cm³/mol. The molecular formula is C18H18ClN3O2. The minimum atomic E-state index is -0.227. The Morgan fingerprint density at radius 2 is 2.25 bits per heavy atom. The minimum absolute atomic E-state index is 0.208. The second-order valence-electron chi connectivity index (χ2n) is 5.45. The highest BCUT2D eigenvalue weighted by atomic mass is 35.5. The average molecular weight is 344 g/mol. The van der Waals surface area contributed by atoms with Crippen LogP contribution in [0.1, 0.15) is 27.9 Å². The van der Waals surface area contributed by atoms with Crippen molar-refractivity contribution in [2.45, 2.75) is 12.8 Å². The van der Waals surface area contributed by atoms with Crippen molar-refractivity contribution in [3.8, 4) is 5.75 Å². The summed E-state index contributed by atoms with van der Waals surface area (Å²) in [5.74, 6) is 0.588. The standard InChI is InChI=1S/C18H18ClN3O2/c1-24-13-5-4-12-6-9-20-16(15(12)11-13)7-10-22-18(23)14-3-2-8-21-17(14)19/h2-5,8,11H,6-7,9-10H2,1H3,(H,22,23). The van der Waals surface area contributed by atoms with E-state index in [1.165, 1.54) is 5.56 Å². The predicted octanol–water partition coefficient (Wildman–Crippen LogP) is 2.91. The van der Waals surface area contributed by atoms with Gasteiger partial charge in [0.1, 0.15) is 10.9 Å². The van der Waals surface area contributed by atoms with Crippen LogP contribution in [0.2, 0.25) is 5.15 Å². The van der Waals surface area contributed by atoms with Crippen LogP contribution in [0.25, 0.3) is 0 Å². The van der Waals surface area contributed by atoms with Crippen LogP contribution in [-0.4, -0.2) is 36.8 Å². The van der Waals surface area contributed by atoms with Gasteiger partial charge in [0.2, 0.25) is 0 Å². The monoisotopic (exact) mass is 343 g/mol. The van der Waals surface area contributed by atoms with Crippen LogP contribution in [0.3, 0.4) is 0 Å². The van der Waals surface area contributed by atoms with Crippen molar-refractivity contribution in [1.29, 1.82) is 0 Å². The van der Waals surface area contributed by atoms with Crippen molar-refractivity contribution >= 4 is 23.2 Å². The Balaban J connectivity index is 1.65. The van der Waals surface area contributed by atoms with E-state index in [4.69, 9.17) is 16.3 Å². The lowest BCUT2D eigenvalue weighted by atomic mass is 9.95. The number of halogens is 1. The lowest BCUT2D eigenvalue weighted by molar-refractivity contribution is 0.0954. The molecule has 2 heterocycles. The molecule has 2 aromatic rings. The van der Waals surface area contributed by atoms with E-state index in [1.807, 2.05) is 12.1 Å². The van der Waals surface area contributed by atoms with Crippen LogP contribution in [0.4, 0.5) is 0 Å². The molecule has 24 heavy (non-hydrogen) atoms. The summed E-state index contributed by atoms with van der Waals surface area (Å²) in [6.07, 6.45) is 3.14. The average Bonchev–Trinajstić information content (AvgIpc) is 2.61. The van der Waals surface area contributed by atoms with Gasteiger partial charge in [-0.1, -0.05) is 17.7 Å². The summed E-state index contributed by atoms with van der Waals surface area (Å²) in [6, 6.07) is 9.40. The van der Waals surface area contributed by atoms with Crippen molar-refractivity contribution in [2.24, 2.45) is 4.99 Å². The minimum Gasteiger partial charge on any atom is -0.497 e. The molecule has 1 aromatic carbocycles. The zero-order valence-electron chi connectivity index (χ0n) is 13.4. The number of hydrogen-bond acceptors (Lipinski definition) is 4. The third-order valence-corrected chi connectivity index (χ3v) is 4.26. The van der Waals surface area contributed by atoms with E-state index in [2.05, 4.69) is 21.4 Å². The Morgan fingerprint density at radius 3 is 3.04 bits per heavy atom. The Morgan fingerprint density at radius 1 is 1.38 bits per heavy atom. The number of rotatable bonds is 5. The maximum absolute atomic E-state index is 12.2. The fourth-order valence-electron chi connectivity index (χ4n) is 2.72. The van der Waals surface area contributed by atoms with Gasteiger partial charge in [-0.3, -0.25) is 9.79 Å². The molecule has 0 bridgehead atoms. The number of benzene rings is 1. The SMILES string of the molecule is COc1ccc2c(c1)C(CCNC(=O)c1cccnc1Cl)=NCC2. The summed E-state index contributed by atoms with van der Waals surface area (Å²) in [5, 5.41) is 3.08. The molecule has 5 nitrogen and oxygen atoms in total. The molecular weight excluding hydrogens is 326 g/mol. The largest absolute Gasteiger partial charge is 0.497 e. The number of ether oxygens (including phenoxy) is 1. The fraction of sp³-hybridized carbons (Fsp3) is 0.278. The van der Waals surface area contributed by atoms with E-state index >= 15 is 0 Å². The Labute approximate surface area is 145 Å². The van der Waals surface area contributed by atoms with Gasteiger partial charge in [-0.25, -0.2) is 4.98 Å². The smallest absolute Gasteiger partial charge is 0.254 e. The summed E-state index contributed by atoms with van der Waals surface area (Å²) in [6.45, 7) is 1.26. The molecule has 0 unspecified atom stereocenters. The molecule has 0 saturated carbocycles. The molecule has 0 spiro atoms. The van der Waals surface area contributed by atoms with Gasteiger partial charge < -0.3 is 10.1 Å². The third kappa shape index (κ3) is 3.57. The molecule has 1 aliphatic rings. The molecule has 1 aromatic heterocycles. The Hall–Kier alpha value is -2.40. The number of hydrogen-bond donors (Lipinski definition) is 1. The summed E-state index contributed by atoms with van der Waals surface area (Å²) < 4.78 is 5.30. The molecule has 0 aliphatic carbocycles. The number of aliphatic imine (C=N–C) groups is 1. The van der Waals surface area contributed by atoms with Crippen molar-refractivity contribution < 1.29 is 9.53 Å². The van der Waals surface area contributed by atoms with Gasteiger partial charge in [0.25, 0.3) is 5.91 Å². The van der Waals surface area contributed by atoms with Crippen molar-refractivity contribution in [3.63, 3.8) is 0 Å². The van der Waals surface area contributed by atoms with E-state index in [1.54, 1.807) is 25.4 Å². The van der Waals surface area contributed by atoms with Gasteiger partial charge in [-0.2, -0.15) is 0 Å². The second kappa shape index (κ2) is 7.45. The maximum Gasteiger partial charge on any atom is 0.254 e. The van der Waals surface area contributed by atoms with Crippen molar-refractivity contribution in [3.05, 3.63) is 58.4 Å². The zero-order chi connectivity index (χ0) is 16.9. The number of nitrogens with zero attached hydrogens (tertiary/aromatic N) is 2. The molecule has 1 N–H and O–H groups in total. The van der Waals surface area contributed by atoms with Gasteiger partial charge in [0.15, 0.2) is 0 Å². The quantitative estimate of drug-likeness (QED) is 0.849. The second-order valence-corrected chi connectivity index (χ2v) is 5.81. The lowest BCUT2D eigenvalue weighted by Gasteiger charge is -2.18. The molecule has 0 saturated heterocycles. The van der Waals surface area contributed by atoms with Gasteiger partial charge in [0, 0.05) is 37.0 Å². The Bertz CT molecular complexity index is 790. The number of amides is 1. The van der Waals surface area contributed by atoms with Crippen LogP contribution in [-0.2, 0) is 6.42 Å². The normalized spacial score (nSPS) is 13.0. The molecule has 0 fully saturated rings. The molecule has 6 heteroatoms. The van der Waals surface area contributed by atoms with Crippen molar-refractivity contribution in [2.75, 3.05) is 20.2 Å². The first-order chi connectivity index (χ1) is 11.7. The van der Waals surface area contributed by atoms with E-state index in [0.29, 0.717) is 18.5 Å². The maximum atomic E-state index is 12.2. The van der Waals surface area contributed by atoms with Crippen LogP contribution in [0.15, 0.2) is 41.5 Å². The molecule has 124 valence electrons. The lowest BCUT2D eigenvalue weighted by Crippen LogP contribution is -2.27. The first-order valence-corrected chi connectivity index (χ1v) is 8.16. The molecule has 3 rings (SSSR count). The number of aromatic nitrogens is 1. The number of carbonyl (C=O) groups excluding carboxylic acids is 1. The van der Waals surface area contributed by atoms with E-state index < -0.39 is 0 Å². The number of methoxy groups -OCH3 is 1. The van der Waals surface area contributed by atoms with Gasteiger partial charge in [-0.15, -0.1) is 0 Å². The highest BCUT2D eigenvalue weighted by Crippen LogP contribution is 2.23. The number of fused-ring (bicyclic) bond motifs is 1. The van der Waals surface area contributed by atoms with Crippen molar-refractivity contribution in [1.82, 2.24) is 10.3 Å². The first kappa shape index (κ1) is 16.5. The number of carbonyl (C=O) groups is 1. The van der Waals surface area contributed by atoms with E-state index in [9.17, 15) is 4.79 Å².